The molecule has 0 bridgehead atoms. The van der Waals surface area contributed by atoms with Crippen molar-refractivity contribution >= 4 is 11.8 Å². The van der Waals surface area contributed by atoms with Gasteiger partial charge >= 0.3 is 0 Å². The quantitative estimate of drug-likeness (QED) is 0.816. The maximum atomic E-state index is 5.96. The van der Waals surface area contributed by atoms with Crippen molar-refractivity contribution in [2.45, 2.75) is 37.6 Å². The van der Waals surface area contributed by atoms with E-state index in [4.69, 9.17) is 10.3 Å². The molecule has 4 nitrogen and oxygen atoms in total. The van der Waals surface area contributed by atoms with Crippen molar-refractivity contribution in [3.8, 4) is 11.4 Å². The largest absolute Gasteiger partial charge is 0.337 e. The first kappa shape index (κ1) is 14.1. The zero-order chi connectivity index (χ0) is 13.7. The van der Waals surface area contributed by atoms with E-state index in [0.717, 1.165) is 24.2 Å². The number of nitrogens with two attached hydrogens (primary N) is 1. The number of nitrogens with zero attached hydrogens (tertiary/aromatic N) is 2. The van der Waals surface area contributed by atoms with Gasteiger partial charge in [-0.25, -0.2) is 0 Å². The number of hydrogen-bond donors (Lipinski definition) is 1. The topological polar surface area (TPSA) is 64.9 Å². The number of benzene rings is 1. The van der Waals surface area contributed by atoms with Crippen molar-refractivity contribution in [1.82, 2.24) is 10.1 Å². The molecule has 0 fully saturated rings. The molecule has 2 rings (SSSR count). The Morgan fingerprint density at radius 1 is 1.26 bits per heavy atom. The molecule has 1 heterocycles. The van der Waals surface area contributed by atoms with Crippen LogP contribution in [0.1, 0.15) is 38.6 Å². The van der Waals surface area contributed by atoms with Crippen LogP contribution in [0.3, 0.4) is 0 Å². The fourth-order valence-electron chi connectivity index (χ4n) is 1.80. The summed E-state index contributed by atoms with van der Waals surface area (Å²) < 4.78 is 5.22. The minimum absolute atomic E-state index is 0.166. The second kappa shape index (κ2) is 6.73. The lowest BCUT2D eigenvalue weighted by molar-refractivity contribution is 0.348. The van der Waals surface area contributed by atoms with E-state index in [9.17, 15) is 0 Å². The first-order valence-corrected chi connectivity index (χ1v) is 7.55. The Morgan fingerprint density at radius 3 is 2.63 bits per heavy atom. The highest BCUT2D eigenvalue weighted by molar-refractivity contribution is 7.99. The minimum atomic E-state index is -0.166. The molecule has 2 N–H and O–H groups in total. The summed E-state index contributed by atoms with van der Waals surface area (Å²) in [6.07, 6.45) is 1.86. The van der Waals surface area contributed by atoms with Gasteiger partial charge in [-0.15, -0.1) is 11.8 Å². The van der Waals surface area contributed by atoms with Gasteiger partial charge in [0.15, 0.2) is 0 Å². The Balaban J connectivity index is 2.13. The lowest BCUT2D eigenvalue weighted by Gasteiger charge is -2.02. The molecule has 0 amide bonds. The van der Waals surface area contributed by atoms with E-state index in [-0.39, 0.29) is 6.04 Å². The van der Waals surface area contributed by atoms with Gasteiger partial charge in [-0.05, 0) is 36.4 Å². The molecule has 102 valence electrons. The highest BCUT2D eigenvalue weighted by Crippen LogP contribution is 2.23. The van der Waals surface area contributed by atoms with Gasteiger partial charge in [-0.3, -0.25) is 0 Å². The molecular weight excluding hydrogens is 258 g/mol. The predicted molar refractivity (Wildman–Crippen MR) is 78.0 cm³/mol. The van der Waals surface area contributed by atoms with E-state index in [0.29, 0.717) is 11.7 Å². The van der Waals surface area contributed by atoms with Gasteiger partial charge in [0.2, 0.25) is 11.7 Å². The smallest absolute Gasteiger partial charge is 0.243 e. The molecule has 1 unspecified atom stereocenters. The molecule has 0 spiro atoms. The van der Waals surface area contributed by atoms with Crippen molar-refractivity contribution < 1.29 is 4.52 Å². The Morgan fingerprint density at radius 2 is 2.00 bits per heavy atom. The van der Waals surface area contributed by atoms with Crippen LogP contribution < -0.4 is 5.73 Å². The molecule has 0 aliphatic rings. The van der Waals surface area contributed by atoms with Crippen LogP contribution in [0.25, 0.3) is 11.4 Å². The van der Waals surface area contributed by atoms with Gasteiger partial charge in [0, 0.05) is 10.5 Å². The Bertz CT molecular complexity index is 510. The maximum absolute atomic E-state index is 5.96. The lowest BCUT2D eigenvalue weighted by atomic mass is 10.2. The number of hydrogen-bond acceptors (Lipinski definition) is 5. The third kappa shape index (κ3) is 3.58. The van der Waals surface area contributed by atoms with Crippen molar-refractivity contribution in [2.75, 3.05) is 5.75 Å². The van der Waals surface area contributed by atoms with Crippen molar-refractivity contribution in [2.24, 2.45) is 5.73 Å². The summed E-state index contributed by atoms with van der Waals surface area (Å²) in [5.74, 6) is 2.19. The summed E-state index contributed by atoms with van der Waals surface area (Å²) in [5, 5.41) is 3.99. The second-order valence-corrected chi connectivity index (χ2v) is 5.65. The predicted octanol–water partition coefficient (Wildman–Crippen LogP) is 3.65. The normalized spacial score (nSPS) is 12.6. The fraction of sp³-hybridized carbons (Fsp3) is 0.429. The third-order valence-corrected chi connectivity index (χ3v) is 3.68. The molecule has 0 aliphatic heterocycles. The van der Waals surface area contributed by atoms with Crippen LogP contribution in [0.2, 0.25) is 0 Å². The molecule has 2 aromatic rings. The van der Waals surface area contributed by atoms with Gasteiger partial charge in [0.25, 0.3) is 0 Å². The SMILES string of the molecule is CCCC(N)c1nc(-c2ccc(SCC)cc2)no1. The highest BCUT2D eigenvalue weighted by atomic mass is 32.2. The van der Waals surface area contributed by atoms with E-state index in [1.54, 1.807) is 0 Å². The third-order valence-electron chi connectivity index (χ3n) is 2.78. The van der Waals surface area contributed by atoms with Crippen LogP contribution in [-0.4, -0.2) is 15.9 Å². The van der Waals surface area contributed by atoms with Crippen molar-refractivity contribution in [3.05, 3.63) is 30.2 Å². The standard InChI is InChI=1S/C14H19N3OS/c1-3-5-12(15)14-16-13(17-18-14)10-6-8-11(9-7-10)19-4-2/h6-9,12H,3-5,15H2,1-2H3. The molecule has 0 saturated heterocycles. The summed E-state index contributed by atoms with van der Waals surface area (Å²) in [7, 11) is 0. The second-order valence-electron chi connectivity index (χ2n) is 4.31. The highest BCUT2D eigenvalue weighted by Gasteiger charge is 2.14. The summed E-state index contributed by atoms with van der Waals surface area (Å²) in [6.45, 7) is 4.22. The molecule has 1 aromatic carbocycles. The van der Waals surface area contributed by atoms with Crippen LogP contribution in [0.4, 0.5) is 0 Å². The van der Waals surface area contributed by atoms with E-state index >= 15 is 0 Å². The molecule has 0 saturated carbocycles. The Hall–Kier alpha value is -1.33. The number of rotatable bonds is 6. The summed E-state index contributed by atoms with van der Waals surface area (Å²) in [5.41, 5.74) is 6.92. The monoisotopic (exact) mass is 277 g/mol. The Labute approximate surface area is 117 Å². The van der Waals surface area contributed by atoms with Crippen LogP contribution in [-0.2, 0) is 0 Å². The van der Waals surface area contributed by atoms with Gasteiger partial charge in [-0.2, -0.15) is 4.98 Å². The number of aromatic nitrogens is 2. The maximum Gasteiger partial charge on any atom is 0.243 e. The molecule has 0 aliphatic carbocycles. The molecule has 1 atom stereocenters. The zero-order valence-corrected chi connectivity index (χ0v) is 12.1. The molecule has 19 heavy (non-hydrogen) atoms. The molecule has 5 heteroatoms. The molecular formula is C14H19N3OS. The first-order valence-electron chi connectivity index (χ1n) is 6.57. The summed E-state index contributed by atoms with van der Waals surface area (Å²) in [4.78, 5) is 5.61. The first-order chi connectivity index (χ1) is 9.24. The van der Waals surface area contributed by atoms with Crippen molar-refractivity contribution in [3.63, 3.8) is 0 Å². The van der Waals surface area contributed by atoms with Gasteiger partial charge in [-0.1, -0.05) is 25.4 Å². The van der Waals surface area contributed by atoms with E-state index in [1.807, 2.05) is 23.9 Å². The lowest BCUT2D eigenvalue weighted by Crippen LogP contribution is -2.09. The van der Waals surface area contributed by atoms with Gasteiger partial charge in [0.05, 0.1) is 6.04 Å². The van der Waals surface area contributed by atoms with Crippen molar-refractivity contribution in [1.29, 1.82) is 0 Å². The average molecular weight is 277 g/mol. The van der Waals surface area contributed by atoms with Gasteiger partial charge in [0.1, 0.15) is 0 Å². The zero-order valence-electron chi connectivity index (χ0n) is 11.3. The number of thioether (sulfide) groups is 1. The van der Waals surface area contributed by atoms with Crippen LogP contribution in [0.15, 0.2) is 33.7 Å². The Kier molecular flexibility index (Phi) is 4.99. The van der Waals surface area contributed by atoms with E-state index < -0.39 is 0 Å². The van der Waals surface area contributed by atoms with Gasteiger partial charge < -0.3 is 10.3 Å². The molecule has 1 aromatic heterocycles. The van der Waals surface area contributed by atoms with Crippen LogP contribution in [0.5, 0.6) is 0 Å². The van der Waals surface area contributed by atoms with Crippen LogP contribution in [0, 0.1) is 0 Å². The van der Waals surface area contributed by atoms with E-state index in [1.165, 1.54) is 4.90 Å². The molecule has 0 radical (unpaired) electrons. The average Bonchev–Trinajstić information content (AvgIpc) is 2.90. The fourth-order valence-corrected chi connectivity index (χ4v) is 2.47. The van der Waals surface area contributed by atoms with E-state index in [2.05, 4.69) is 36.1 Å². The van der Waals surface area contributed by atoms with Crippen LogP contribution >= 0.6 is 11.8 Å². The summed E-state index contributed by atoms with van der Waals surface area (Å²) in [6, 6.07) is 8.01. The summed E-state index contributed by atoms with van der Waals surface area (Å²) >= 11 is 1.81. The minimum Gasteiger partial charge on any atom is -0.337 e.